The van der Waals surface area contributed by atoms with E-state index in [0.29, 0.717) is 63.3 Å². The Morgan fingerprint density at radius 1 is 1.09 bits per heavy atom. The number of amides is 2. The first-order valence-electron chi connectivity index (χ1n) is 11.6. The van der Waals surface area contributed by atoms with E-state index in [1.165, 1.54) is 6.07 Å². The van der Waals surface area contributed by atoms with Crippen LogP contribution in [0.15, 0.2) is 40.4 Å². The van der Waals surface area contributed by atoms with Crippen LogP contribution in [-0.4, -0.2) is 60.0 Å². The van der Waals surface area contributed by atoms with E-state index in [4.69, 9.17) is 0 Å². The van der Waals surface area contributed by atoms with E-state index in [9.17, 15) is 22.8 Å². The third-order valence-corrected chi connectivity index (χ3v) is 6.80. The molecule has 0 atom stereocenters. The molecule has 3 aliphatic rings. The van der Waals surface area contributed by atoms with Crippen molar-refractivity contribution in [1.29, 1.82) is 0 Å². The number of aliphatic imine (C=N–C) groups is 1. The number of carbonyl (C=O) groups excluding carboxylic acids is 2. The van der Waals surface area contributed by atoms with Crippen LogP contribution in [-0.2, 0) is 15.8 Å². The van der Waals surface area contributed by atoms with E-state index in [1.54, 1.807) is 17.0 Å². The highest BCUT2D eigenvalue weighted by atomic mass is 19.4. The van der Waals surface area contributed by atoms with Crippen molar-refractivity contribution >= 4 is 17.5 Å². The number of alkyl halides is 3. The van der Waals surface area contributed by atoms with E-state index < -0.39 is 11.7 Å². The van der Waals surface area contributed by atoms with Crippen molar-refractivity contribution in [3.8, 4) is 0 Å². The molecule has 178 valence electrons. The number of piperidine rings is 1. The Hall–Kier alpha value is -2.64. The van der Waals surface area contributed by atoms with Crippen molar-refractivity contribution in [2.45, 2.75) is 51.6 Å². The Morgan fingerprint density at radius 2 is 1.79 bits per heavy atom. The molecule has 0 radical (unpaired) electrons. The van der Waals surface area contributed by atoms with E-state index in [-0.39, 0.29) is 23.7 Å². The molecule has 0 bridgehead atoms. The van der Waals surface area contributed by atoms with Crippen molar-refractivity contribution in [1.82, 2.24) is 9.80 Å². The van der Waals surface area contributed by atoms with Crippen molar-refractivity contribution < 1.29 is 22.8 Å². The molecule has 1 aromatic carbocycles. The van der Waals surface area contributed by atoms with Gasteiger partial charge in [-0.2, -0.15) is 13.2 Å². The first-order chi connectivity index (χ1) is 15.6. The summed E-state index contributed by atoms with van der Waals surface area (Å²) < 4.78 is 40.2. The number of benzene rings is 1. The average Bonchev–Trinajstić information content (AvgIpc) is 3.21. The first kappa shape index (κ1) is 23.5. The molecule has 5 nitrogen and oxygen atoms in total. The molecule has 0 N–H and O–H groups in total. The smallest absolute Gasteiger partial charge is 0.338 e. The number of likely N-dealkylation sites (tertiary alicyclic amines) is 1. The van der Waals surface area contributed by atoms with Gasteiger partial charge in [0.15, 0.2) is 0 Å². The van der Waals surface area contributed by atoms with Gasteiger partial charge in [0.05, 0.1) is 12.1 Å². The van der Waals surface area contributed by atoms with Gasteiger partial charge < -0.3 is 9.80 Å². The third kappa shape index (κ3) is 4.99. The largest absolute Gasteiger partial charge is 0.416 e. The van der Waals surface area contributed by atoms with Gasteiger partial charge in [-0.1, -0.05) is 32.0 Å². The predicted octanol–water partition coefficient (Wildman–Crippen LogP) is 4.44. The molecule has 0 unspecified atom stereocenters. The molecule has 1 fully saturated rings. The van der Waals surface area contributed by atoms with E-state index in [0.717, 1.165) is 23.6 Å². The van der Waals surface area contributed by atoms with Crippen molar-refractivity contribution in [2.75, 3.05) is 32.7 Å². The van der Waals surface area contributed by atoms with Crippen LogP contribution in [0.3, 0.4) is 0 Å². The monoisotopic (exact) mass is 461 g/mol. The van der Waals surface area contributed by atoms with Crippen molar-refractivity contribution in [3.63, 3.8) is 0 Å². The molecule has 3 aliphatic heterocycles. The van der Waals surface area contributed by atoms with Crippen LogP contribution in [0.1, 0.15) is 56.6 Å². The predicted molar refractivity (Wildman–Crippen MR) is 120 cm³/mol. The van der Waals surface area contributed by atoms with Crippen LogP contribution in [0, 0.1) is 5.92 Å². The molecular formula is C25H30F3N3O2. The lowest BCUT2D eigenvalue weighted by Gasteiger charge is -2.34. The average molecular weight is 462 g/mol. The number of hydrogen-bond acceptors (Lipinski definition) is 3. The number of hydrogen-bond donors (Lipinski definition) is 0. The fourth-order valence-corrected chi connectivity index (χ4v) is 5.03. The first-order valence-corrected chi connectivity index (χ1v) is 11.6. The Balaban J connectivity index is 1.41. The highest BCUT2D eigenvalue weighted by Crippen LogP contribution is 2.39. The Bertz CT molecular complexity index is 989. The van der Waals surface area contributed by atoms with Crippen LogP contribution in [0.25, 0.3) is 0 Å². The Kier molecular flexibility index (Phi) is 6.64. The molecule has 3 heterocycles. The molecule has 1 aromatic rings. The van der Waals surface area contributed by atoms with Gasteiger partial charge in [0.1, 0.15) is 5.71 Å². The van der Waals surface area contributed by atoms with E-state index in [1.807, 2.05) is 18.7 Å². The maximum Gasteiger partial charge on any atom is 0.416 e. The Labute approximate surface area is 192 Å². The van der Waals surface area contributed by atoms with Gasteiger partial charge in [0.25, 0.3) is 5.91 Å². The quantitative estimate of drug-likeness (QED) is 0.666. The number of carbonyl (C=O) groups is 2. The molecule has 0 aliphatic carbocycles. The summed E-state index contributed by atoms with van der Waals surface area (Å²) in [5, 5.41) is 0. The zero-order valence-electron chi connectivity index (χ0n) is 19.1. The maximum atomic E-state index is 13.4. The van der Waals surface area contributed by atoms with Gasteiger partial charge in [0, 0.05) is 38.2 Å². The second-order valence-electron chi connectivity index (χ2n) is 9.56. The fraction of sp³-hybridized carbons (Fsp3) is 0.560. The maximum absolute atomic E-state index is 13.4. The third-order valence-electron chi connectivity index (χ3n) is 6.80. The van der Waals surface area contributed by atoms with E-state index in [2.05, 4.69) is 4.99 Å². The van der Waals surface area contributed by atoms with Gasteiger partial charge in [-0.05, 0) is 48.3 Å². The zero-order valence-corrected chi connectivity index (χ0v) is 19.1. The molecule has 33 heavy (non-hydrogen) atoms. The highest BCUT2D eigenvalue weighted by Gasteiger charge is 2.38. The number of nitrogens with zero attached hydrogens (tertiary/aromatic N) is 3. The number of rotatable bonds is 4. The lowest BCUT2D eigenvalue weighted by Crippen LogP contribution is -2.44. The molecule has 4 rings (SSSR count). The van der Waals surface area contributed by atoms with Gasteiger partial charge >= 0.3 is 6.18 Å². The normalized spacial score (nSPS) is 19.8. The summed E-state index contributed by atoms with van der Waals surface area (Å²) in [4.78, 5) is 33.8. The summed E-state index contributed by atoms with van der Waals surface area (Å²) in [6.07, 6.45) is -2.20. The Morgan fingerprint density at radius 3 is 2.45 bits per heavy atom. The summed E-state index contributed by atoms with van der Waals surface area (Å²) in [6, 6.07) is 5.73. The summed E-state index contributed by atoms with van der Waals surface area (Å²) in [5.41, 5.74) is 2.15. The highest BCUT2D eigenvalue weighted by molar-refractivity contribution is 6.46. The second kappa shape index (κ2) is 9.31. The molecule has 1 saturated heterocycles. The molecule has 0 aromatic heterocycles. The summed E-state index contributed by atoms with van der Waals surface area (Å²) in [6.45, 7) is 6.38. The van der Waals surface area contributed by atoms with Crippen LogP contribution in [0.2, 0.25) is 0 Å². The lowest BCUT2D eigenvalue weighted by molar-refractivity contribution is -0.138. The molecule has 8 heteroatoms. The minimum absolute atomic E-state index is 0.0967. The fourth-order valence-electron chi connectivity index (χ4n) is 5.03. The van der Waals surface area contributed by atoms with Gasteiger partial charge in [-0.3, -0.25) is 14.6 Å². The van der Waals surface area contributed by atoms with Gasteiger partial charge in [-0.25, -0.2) is 0 Å². The second-order valence-corrected chi connectivity index (χ2v) is 9.56. The van der Waals surface area contributed by atoms with Gasteiger partial charge in [0.2, 0.25) is 5.91 Å². The van der Waals surface area contributed by atoms with E-state index >= 15 is 0 Å². The SMILES string of the molecule is CC(C)CC(=O)N1CCC2=C(C1)C(C(=O)N1CCC(c3ccccc3C(F)(F)F)CC1)=NC2. The van der Waals surface area contributed by atoms with Crippen LogP contribution in [0.5, 0.6) is 0 Å². The summed E-state index contributed by atoms with van der Waals surface area (Å²) in [5.74, 6) is -0.0268. The topological polar surface area (TPSA) is 53.0 Å². The molecular weight excluding hydrogens is 431 g/mol. The standard InChI is InChI=1S/C25H30F3N3O2/c1-16(2)13-22(32)31-12-9-18-14-29-23(20(18)15-31)24(33)30-10-7-17(8-11-30)19-5-3-4-6-21(19)25(26,27)28/h3-6,16-17H,7-15H2,1-2H3. The minimum Gasteiger partial charge on any atom is -0.338 e. The van der Waals surface area contributed by atoms with Crippen molar-refractivity contribution in [2.24, 2.45) is 10.9 Å². The van der Waals surface area contributed by atoms with Gasteiger partial charge in [-0.15, -0.1) is 0 Å². The van der Waals surface area contributed by atoms with Crippen LogP contribution < -0.4 is 0 Å². The summed E-state index contributed by atoms with van der Waals surface area (Å²) in [7, 11) is 0. The summed E-state index contributed by atoms with van der Waals surface area (Å²) >= 11 is 0. The van der Waals surface area contributed by atoms with Crippen LogP contribution >= 0.6 is 0 Å². The lowest BCUT2D eigenvalue weighted by atomic mass is 9.86. The number of halogens is 3. The van der Waals surface area contributed by atoms with Crippen LogP contribution in [0.4, 0.5) is 13.2 Å². The zero-order chi connectivity index (χ0) is 23.8. The minimum atomic E-state index is -4.38. The molecule has 0 saturated carbocycles. The molecule has 0 spiro atoms. The molecule has 2 amide bonds. The van der Waals surface area contributed by atoms with Crippen molar-refractivity contribution in [3.05, 3.63) is 46.5 Å².